The maximum Gasteiger partial charge on any atom is 0.309 e. The molecule has 2 heterocycles. The van der Waals surface area contributed by atoms with Gasteiger partial charge in [-0.2, -0.15) is 0 Å². The highest BCUT2D eigenvalue weighted by molar-refractivity contribution is 5.72. The van der Waals surface area contributed by atoms with Crippen LogP contribution >= 0.6 is 0 Å². The van der Waals surface area contributed by atoms with Gasteiger partial charge in [0.1, 0.15) is 11.5 Å². The van der Waals surface area contributed by atoms with Crippen LogP contribution in [0.3, 0.4) is 0 Å². The molecule has 158 valence electrons. The zero-order valence-corrected chi connectivity index (χ0v) is 17.8. The van der Waals surface area contributed by atoms with Crippen LogP contribution in [0.1, 0.15) is 50.2 Å². The molecule has 2 aliphatic heterocycles. The largest absolute Gasteiger partial charge is 0.466 e. The summed E-state index contributed by atoms with van der Waals surface area (Å²) in [5.41, 5.74) is 2.81. The fourth-order valence-corrected chi connectivity index (χ4v) is 5.90. The van der Waals surface area contributed by atoms with E-state index >= 15 is 0 Å². The van der Waals surface area contributed by atoms with E-state index in [1.165, 1.54) is 24.0 Å². The van der Waals surface area contributed by atoms with Crippen molar-refractivity contribution >= 4 is 5.97 Å². The molecule has 2 atom stereocenters. The zero-order valence-electron chi connectivity index (χ0n) is 17.8. The Morgan fingerprint density at radius 3 is 2.60 bits per heavy atom. The Kier molecular flexibility index (Phi) is 5.28. The second-order valence-corrected chi connectivity index (χ2v) is 9.12. The summed E-state index contributed by atoms with van der Waals surface area (Å²) in [5, 5.41) is 0. The van der Waals surface area contributed by atoms with Gasteiger partial charge >= 0.3 is 5.97 Å². The highest BCUT2D eigenvalue weighted by Crippen LogP contribution is 2.52. The van der Waals surface area contributed by atoms with Crippen LogP contribution in [0.15, 0.2) is 48.5 Å². The van der Waals surface area contributed by atoms with Gasteiger partial charge in [-0.15, -0.1) is 0 Å². The predicted octanol–water partition coefficient (Wildman–Crippen LogP) is 5.10. The quantitative estimate of drug-likeness (QED) is 0.666. The third-order valence-electron chi connectivity index (χ3n) is 7.43. The van der Waals surface area contributed by atoms with Crippen LogP contribution in [0, 0.1) is 5.92 Å². The lowest BCUT2D eigenvalue weighted by Crippen LogP contribution is -2.43. The van der Waals surface area contributed by atoms with Gasteiger partial charge in [0.25, 0.3) is 0 Å². The minimum atomic E-state index is -0.00788. The molecule has 3 aliphatic rings. The van der Waals surface area contributed by atoms with Crippen molar-refractivity contribution in [1.82, 2.24) is 4.90 Å². The summed E-state index contributed by atoms with van der Waals surface area (Å²) in [7, 11) is 0. The number of nitrogens with zero attached hydrogens (tertiary/aromatic N) is 1. The molecule has 1 spiro atoms. The lowest BCUT2D eigenvalue weighted by Gasteiger charge is -2.37. The Morgan fingerprint density at radius 1 is 1.07 bits per heavy atom. The van der Waals surface area contributed by atoms with Crippen LogP contribution in [-0.4, -0.2) is 36.6 Å². The first-order valence-electron chi connectivity index (χ1n) is 11.4. The molecule has 30 heavy (non-hydrogen) atoms. The number of hydrogen-bond acceptors (Lipinski definition) is 4. The van der Waals surface area contributed by atoms with Crippen molar-refractivity contribution in [2.75, 3.05) is 19.7 Å². The Balaban J connectivity index is 1.36. The lowest BCUT2D eigenvalue weighted by molar-refractivity contribution is -0.149. The van der Waals surface area contributed by atoms with E-state index < -0.39 is 0 Å². The predicted molar refractivity (Wildman–Crippen MR) is 117 cm³/mol. The molecule has 0 N–H and O–H groups in total. The van der Waals surface area contributed by atoms with Crippen molar-refractivity contribution in [1.29, 1.82) is 0 Å². The van der Waals surface area contributed by atoms with Gasteiger partial charge in [-0.1, -0.05) is 36.4 Å². The molecule has 0 amide bonds. The maximum absolute atomic E-state index is 12.1. The molecule has 5 rings (SSSR count). The first-order valence-corrected chi connectivity index (χ1v) is 11.4. The Bertz CT molecular complexity index is 918. The van der Waals surface area contributed by atoms with Gasteiger partial charge in [-0.3, -0.25) is 4.79 Å². The molecule has 2 aromatic carbocycles. The summed E-state index contributed by atoms with van der Waals surface area (Å²) in [4.78, 5) is 14.7. The highest BCUT2D eigenvalue weighted by atomic mass is 16.5. The summed E-state index contributed by atoms with van der Waals surface area (Å²) in [6, 6.07) is 17.7. The molecule has 1 saturated heterocycles. The van der Waals surface area contributed by atoms with E-state index in [2.05, 4.69) is 53.4 Å². The van der Waals surface area contributed by atoms with Gasteiger partial charge in [0.15, 0.2) is 0 Å². The minimum absolute atomic E-state index is 0.00788. The van der Waals surface area contributed by atoms with Crippen molar-refractivity contribution in [3.63, 3.8) is 0 Å². The standard InChI is InChI=1S/C26H31NO3/c1-2-29-25(28)19-12-15-27(16-13-19)21-11-14-26(18-21)17-20-7-3-5-9-23(20)30-24-10-6-4-8-22(24)26/h3-10,19,21H,2,11-18H2,1H3. The summed E-state index contributed by atoms with van der Waals surface area (Å²) in [5.74, 6) is 2.09. The third kappa shape index (κ3) is 3.51. The monoisotopic (exact) mass is 405 g/mol. The maximum atomic E-state index is 12.1. The fourth-order valence-electron chi connectivity index (χ4n) is 5.90. The number of carbonyl (C=O) groups excluding carboxylic acids is 1. The number of likely N-dealkylation sites (tertiary alicyclic amines) is 1. The molecule has 2 unspecified atom stereocenters. The highest BCUT2D eigenvalue weighted by Gasteiger charge is 2.46. The van der Waals surface area contributed by atoms with Crippen LogP contribution in [0.2, 0.25) is 0 Å². The average molecular weight is 406 g/mol. The number of para-hydroxylation sites is 2. The zero-order chi connectivity index (χ0) is 20.6. The summed E-state index contributed by atoms with van der Waals surface area (Å²) in [6.07, 6.45) is 6.43. The van der Waals surface area contributed by atoms with Crippen molar-refractivity contribution in [2.24, 2.45) is 5.92 Å². The van der Waals surface area contributed by atoms with E-state index in [-0.39, 0.29) is 17.3 Å². The van der Waals surface area contributed by atoms with Crippen LogP contribution in [0.5, 0.6) is 11.5 Å². The smallest absolute Gasteiger partial charge is 0.309 e. The van der Waals surface area contributed by atoms with Crippen molar-refractivity contribution < 1.29 is 14.3 Å². The van der Waals surface area contributed by atoms with E-state index in [0.717, 1.165) is 50.3 Å². The first kappa shape index (κ1) is 19.6. The van der Waals surface area contributed by atoms with E-state index in [9.17, 15) is 4.79 Å². The fraction of sp³-hybridized carbons (Fsp3) is 0.500. The molecular formula is C26H31NO3. The minimum Gasteiger partial charge on any atom is -0.466 e. The van der Waals surface area contributed by atoms with E-state index in [1.807, 2.05) is 6.92 Å². The SMILES string of the molecule is CCOC(=O)C1CCN(C2CCC3(Cc4ccccc4Oc4ccccc43)C2)CC1. The molecule has 4 nitrogen and oxygen atoms in total. The van der Waals surface area contributed by atoms with Gasteiger partial charge in [-0.25, -0.2) is 0 Å². The molecular weight excluding hydrogens is 374 g/mol. The molecule has 1 aliphatic carbocycles. The molecule has 0 aromatic heterocycles. The van der Waals surface area contributed by atoms with Crippen LogP contribution < -0.4 is 4.74 Å². The Labute approximate surface area is 179 Å². The number of hydrogen-bond donors (Lipinski definition) is 0. The van der Waals surface area contributed by atoms with Gasteiger partial charge in [0.2, 0.25) is 0 Å². The van der Waals surface area contributed by atoms with Gasteiger partial charge in [0, 0.05) is 17.0 Å². The summed E-state index contributed by atoms with van der Waals surface area (Å²) < 4.78 is 11.6. The number of benzene rings is 2. The van der Waals surface area contributed by atoms with Gasteiger partial charge < -0.3 is 14.4 Å². The molecule has 2 fully saturated rings. The van der Waals surface area contributed by atoms with E-state index in [0.29, 0.717) is 12.6 Å². The Morgan fingerprint density at radius 2 is 1.80 bits per heavy atom. The molecule has 1 saturated carbocycles. The van der Waals surface area contributed by atoms with E-state index in [4.69, 9.17) is 9.47 Å². The normalized spacial score (nSPS) is 26.5. The third-order valence-corrected chi connectivity index (χ3v) is 7.43. The number of piperidine rings is 1. The topological polar surface area (TPSA) is 38.8 Å². The average Bonchev–Trinajstić information content (AvgIpc) is 3.14. The number of fused-ring (bicyclic) bond motifs is 3. The van der Waals surface area contributed by atoms with Crippen molar-refractivity contribution in [3.8, 4) is 11.5 Å². The van der Waals surface area contributed by atoms with Crippen LogP contribution in [0.4, 0.5) is 0 Å². The van der Waals surface area contributed by atoms with Crippen molar-refractivity contribution in [2.45, 2.75) is 56.9 Å². The second kappa shape index (κ2) is 8.07. The lowest BCUT2D eigenvalue weighted by atomic mass is 9.74. The number of esters is 1. The van der Waals surface area contributed by atoms with Crippen LogP contribution in [0.25, 0.3) is 0 Å². The number of rotatable bonds is 3. The molecule has 0 bridgehead atoms. The molecule has 4 heteroatoms. The van der Waals surface area contributed by atoms with E-state index in [1.54, 1.807) is 0 Å². The first-order chi connectivity index (χ1) is 14.7. The van der Waals surface area contributed by atoms with Crippen LogP contribution in [-0.2, 0) is 21.4 Å². The summed E-state index contributed by atoms with van der Waals surface area (Å²) >= 11 is 0. The number of ether oxygens (including phenoxy) is 2. The summed E-state index contributed by atoms with van der Waals surface area (Å²) in [6.45, 7) is 4.36. The van der Waals surface area contributed by atoms with Crippen molar-refractivity contribution in [3.05, 3.63) is 59.7 Å². The van der Waals surface area contributed by atoms with Gasteiger partial charge in [-0.05, 0) is 76.2 Å². The van der Waals surface area contributed by atoms with Gasteiger partial charge in [0.05, 0.1) is 12.5 Å². The molecule has 2 aromatic rings. The Hall–Kier alpha value is -2.33. The number of carbonyl (C=O) groups is 1. The molecule has 0 radical (unpaired) electrons. The second-order valence-electron chi connectivity index (χ2n) is 9.12.